The van der Waals surface area contributed by atoms with E-state index in [9.17, 15) is 19.8 Å². The smallest absolute Gasteiger partial charge is 0.353 e. The molecule has 3 aliphatic heterocycles. The minimum Gasteiger partial charge on any atom is -0.477 e. The SMILES string of the molecule is CC(O)[C@H]1C(=O)N2C(C(=O)O)=C(C3CCCNC3)S[C@H]12. The summed E-state index contributed by atoms with van der Waals surface area (Å²) < 4.78 is 0. The number of thioether (sulfide) groups is 1. The number of carbonyl (C=O) groups is 2. The van der Waals surface area contributed by atoms with Crippen LogP contribution in [0.15, 0.2) is 10.6 Å². The average Bonchev–Trinajstić information content (AvgIpc) is 2.74. The lowest BCUT2D eigenvalue weighted by Gasteiger charge is -2.43. The van der Waals surface area contributed by atoms with Crippen LogP contribution in [0.3, 0.4) is 0 Å². The monoisotopic (exact) mass is 298 g/mol. The molecule has 0 saturated carbocycles. The highest BCUT2D eigenvalue weighted by atomic mass is 32.2. The standard InChI is InChI=1S/C13H18N2O4S/c1-6(16)8-11(17)15-9(13(18)19)10(20-12(8)15)7-3-2-4-14-5-7/h6-8,12,14,16H,2-5H2,1H3,(H,18,19)/t6?,7?,8-,12+/m0/s1. The second kappa shape index (κ2) is 5.05. The van der Waals surface area contributed by atoms with E-state index >= 15 is 0 Å². The summed E-state index contributed by atoms with van der Waals surface area (Å²) in [5.74, 6) is -1.64. The quantitative estimate of drug-likeness (QED) is 0.645. The Kier molecular flexibility index (Phi) is 3.51. The number of aliphatic carboxylic acids is 1. The number of piperidine rings is 1. The number of carboxylic acids is 1. The van der Waals surface area contributed by atoms with Crippen LogP contribution >= 0.6 is 11.8 Å². The summed E-state index contributed by atoms with van der Waals surface area (Å²) in [5.41, 5.74) is 0.135. The van der Waals surface area contributed by atoms with E-state index in [0.29, 0.717) is 0 Å². The van der Waals surface area contributed by atoms with Gasteiger partial charge in [-0.3, -0.25) is 9.69 Å². The van der Waals surface area contributed by atoms with Gasteiger partial charge in [-0.25, -0.2) is 4.79 Å². The zero-order chi connectivity index (χ0) is 14.4. The molecule has 3 aliphatic rings. The van der Waals surface area contributed by atoms with Gasteiger partial charge in [-0.1, -0.05) is 0 Å². The molecule has 3 N–H and O–H groups in total. The minimum atomic E-state index is -1.04. The molecule has 0 aromatic rings. The molecule has 0 bridgehead atoms. The van der Waals surface area contributed by atoms with Gasteiger partial charge in [0.1, 0.15) is 11.1 Å². The molecule has 3 heterocycles. The predicted octanol–water partition coefficient (Wildman–Crippen LogP) is 0.194. The third-order valence-corrected chi connectivity index (χ3v) is 5.72. The first-order chi connectivity index (χ1) is 9.52. The largest absolute Gasteiger partial charge is 0.477 e. The van der Waals surface area contributed by atoms with Gasteiger partial charge in [-0.2, -0.15) is 0 Å². The van der Waals surface area contributed by atoms with Crippen LogP contribution in [0, 0.1) is 11.8 Å². The first-order valence-electron chi connectivity index (χ1n) is 6.88. The Balaban J connectivity index is 1.89. The molecule has 7 heteroatoms. The number of fused-ring (bicyclic) bond motifs is 1. The van der Waals surface area contributed by atoms with Crippen LogP contribution in [-0.2, 0) is 9.59 Å². The molecule has 4 atom stereocenters. The normalized spacial score (nSPS) is 34.8. The molecular weight excluding hydrogens is 280 g/mol. The van der Waals surface area contributed by atoms with Gasteiger partial charge in [0.15, 0.2) is 0 Å². The second-order valence-corrected chi connectivity index (χ2v) is 6.70. The zero-order valence-electron chi connectivity index (χ0n) is 11.2. The number of carbonyl (C=O) groups excluding carboxylic acids is 1. The third kappa shape index (κ3) is 1.96. The maximum Gasteiger partial charge on any atom is 0.353 e. The number of rotatable bonds is 3. The van der Waals surface area contributed by atoms with Gasteiger partial charge in [0.25, 0.3) is 0 Å². The number of nitrogens with one attached hydrogen (secondary N) is 1. The van der Waals surface area contributed by atoms with Crippen molar-refractivity contribution in [1.82, 2.24) is 10.2 Å². The molecular formula is C13H18N2O4S. The van der Waals surface area contributed by atoms with Crippen molar-refractivity contribution < 1.29 is 19.8 Å². The molecule has 6 nitrogen and oxygen atoms in total. The van der Waals surface area contributed by atoms with E-state index in [4.69, 9.17) is 0 Å². The minimum absolute atomic E-state index is 0.135. The van der Waals surface area contributed by atoms with Crippen molar-refractivity contribution in [1.29, 1.82) is 0 Å². The van der Waals surface area contributed by atoms with Crippen molar-refractivity contribution in [3.05, 3.63) is 10.6 Å². The average molecular weight is 298 g/mol. The lowest BCUT2D eigenvalue weighted by Crippen LogP contribution is -2.60. The zero-order valence-corrected chi connectivity index (χ0v) is 12.0. The fourth-order valence-electron chi connectivity index (χ4n) is 3.17. The number of aliphatic hydroxyl groups excluding tert-OH is 1. The number of carboxylic acid groups (broad SMARTS) is 1. The van der Waals surface area contributed by atoms with Crippen molar-refractivity contribution in [2.45, 2.75) is 31.2 Å². The van der Waals surface area contributed by atoms with Gasteiger partial charge in [-0.05, 0) is 26.3 Å². The second-order valence-electron chi connectivity index (χ2n) is 5.54. The van der Waals surface area contributed by atoms with Gasteiger partial charge in [0.05, 0.1) is 12.0 Å². The van der Waals surface area contributed by atoms with E-state index in [1.807, 2.05) is 0 Å². The van der Waals surface area contributed by atoms with Crippen LogP contribution in [0.2, 0.25) is 0 Å². The van der Waals surface area contributed by atoms with E-state index in [1.54, 1.807) is 6.92 Å². The van der Waals surface area contributed by atoms with Gasteiger partial charge < -0.3 is 15.5 Å². The van der Waals surface area contributed by atoms with E-state index in [2.05, 4.69) is 5.32 Å². The molecule has 0 aromatic carbocycles. The Morgan fingerprint density at radius 3 is 2.85 bits per heavy atom. The van der Waals surface area contributed by atoms with Gasteiger partial charge in [0, 0.05) is 17.4 Å². The fourth-order valence-corrected chi connectivity index (χ4v) is 4.93. The summed E-state index contributed by atoms with van der Waals surface area (Å²) in [6.07, 6.45) is 1.22. The predicted molar refractivity (Wildman–Crippen MR) is 73.7 cm³/mol. The van der Waals surface area contributed by atoms with Crippen LogP contribution in [0.5, 0.6) is 0 Å². The summed E-state index contributed by atoms with van der Waals surface area (Å²) in [7, 11) is 0. The number of hydrogen-bond acceptors (Lipinski definition) is 5. The van der Waals surface area contributed by atoms with Crippen LogP contribution in [-0.4, -0.2) is 51.6 Å². The van der Waals surface area contributed by atoms with Crippen LogP contribution in [0.25, 0.3) is 0 Å². The maximum atomic E-state index is 12.1. The van der Waals surface area contributed by atoms with E-state index in [0.717, 1.165) is 30.8 Å². The van der Waals surface area contributed by atoms with Crippen LogP contribution in [0.1, 0.15) is 19.8 Å². The molecule has 0 radical (unpaired) electrons. The highest BCUT2D eigenvalue weighted by molar-refractivity contribution is 8.04. The molecule has 2 unspecified atom stereocenters. The highest BCUT2D eigenvalue weighted by Gasteiger charge is 2.58. The Hall–Kier alpha value is -1.05. The van der Waals surface area contributed by atoms with Crippen molar-refractivity contribution in [2.24, 2.45) is 11.8 Å². The van der Waals surface area contributed by atoms with E-state index in [-0.39, 0.29) is 22.9 Å². The molecule has 0 aliphatic carbocycles. The Bertz CT molecular complexity index is 485. The topological polar surface area (TPSA) is 89.9 Å². The molecule has 1 amide bonds. The van der Waals surface area contributed by atoms with Gasteiger partial charge in [0.2, 0.25) is 5.91 Å². The molecule has 0 aromatic heterocycles. The summed E-state index contributed by atoms with van der Waals surface area (Å²) >= 11 is 1.45. The van der Waals surface area contributed by atoms with E-state index in [1.165, 1.54) is 16.7 Å². The Morgan fingerprint density at radius 2 is 2.30 bits per heavy atom. The number of amides is 1. The van der Waals surface area contributed by atoms with Crippen LogP contribution in [0.4, 0.5) is 0 Å². The number of hydrogen-bond donors (Lipinski definition) is 3. The highest BCUT2D eigenvalue weighted by Crippen LogP contribution is 2.53. The summed E-state index contributed by atoms with van der Waals surface area (Å²) in [5, 5.41) is 22.1. The number of aliphatic hydroxyl groups is 1. The summed E-state index contributed by atoms with van der Waals surface area (Å²) in [4.78, 5) is 25.7. The van der Waals surface area contributed by atoms with Gasteiger partial charge in [-0.15, -0.1) is 11.8 Å². The Labute approximate surface area is 121 Å². The van der Waals surface area contributed by atoms with Crippen molar-refractivity contribution in [2.75, 3.05) is 13.1 Å². The fraction of sp³-hybridized carbons (Fsp3) is 0.692. The third-order valence-electron chi connectivity index (χ3n) is 4.20. The molecule has 2 saturated heterocycles. The maximum absolute atomic E-state index is 12.1. The first kappa shape index (κ1) is 13.9. The molecule has 3 rings (SSSR count). The number of β-lactam (4-membered cyclic amide) rings is 1. The molecule has 20 heavy (non-hydrogen) atoms. The summed E-state index contributed by atoms with van der Waals surface area (Å²) in [6, 6.07) is 0. The van der Waals surface area contributed by atoms with Crippen molar-refractivity contribution >= 4 is 23.6 Å². The molecule has 2 fully saturated rings. The van der Waals surface area contributed by atoms with Gasteiger partial charge >= 0.3 is 5.97 Å². The summed E-state index contributed by atoms with van der Waals surface area (Å²) in [6.45, 7) is 3.30. The van der Waals surface area contributed by atoms with Crippen LogP contribution < -0.4 is 5.32 Å². The van der Waals surface area contributed by atoms with Crippen molar-refractivity contribution in [3.63, 3.8) is 0 Å². The first-order valence-corrected chi connectivity index (χ1v) is 7.76. The number of nitrogens with zero attached hydrogens (tertiary/aromatic N) is 1. The molecule has 0 spiro atoms. The van der Waals surface area contributed by atoms with Crippen molar-refractivity contribution in [3.8, 4) is 0 Å². The molecule has 110 valence electrons. The lowest BCUT2D eigenvalue weighted by molar-refractivity contribution is -0.156. The Morgan fingerprint density at radius 1 is 1.55 bits per heavy atom. The van der Waals surface area contributed by atoms with E-state index < -0.39 is 18.0 Å². The lowest BCUT2D eigenvalue weighted by atomic mass is 9.91.